The van der Waals surface area contributed by atoms with Gasteiger partial charge >= 0.3 is 0 Å². The van der Waals surface area contributed by atoms with Crippen molar-refractivity contribution < 1.29 is 4.74 Å². The topological polar surface area (TPSA) is 34.1 Å². The van der Waals surface area contributed by atoms with E-state index in [1.54, 1.807) is 18.4 Å². The average Bonchev–Trinajstić information content (AvgIpc) is 2.78. The van der Waals surface area contributed by atoms with Crippen molar-refractivity contribution in [1.29, 1.82) is 0 Å². The molecule has 0 aliphatic carbocycles. The Bertz CT molecular complexity index is 508. The maximum absolute atomic E-state index is 5.25. The number of thiazole rings is 1. The molecule has 0 saturated heterocycles. The van der Waals surface area contributed by atoms with Gasteiger partial charge in [-0.05, 0) is 37.7 Å². The molecule has 0 atom stereocenters. The predicted molar refractivity (Wildman–Crippen MR) is 71.6 cm³/mol. The molecule has 4 heteroatoms. The number of ether oxygens (including phenoxy) is 1. The van der Waals surface area contributed by atoms with Gasteiger partial charge in [-0.15, -0.1) is 11.3 Å². The van der Waals surface area contributed by atoms with E-state index in [2.05, 4.69) is 21.7 Å². The van der Waals surface area contributed by atoms with Gasteiger partial charge in [-0.1, -0.05) is 0 Å². The van der Waals surface area contributed by atoms with E-state index in [9.17, 15) is 0 Å². The van der Waals surface area contributed by atoms with Crippen LogP contribution >= 0.6 is 11.3 Å². The van der Waals surface area contributed by atoms with E-state index in [1.807, 2.05) is 26.1 Å². The van der Waals surface area contributed by atoms with Gasteiger partial charge in [0, 0.05) is 17.5 Å². The Hall–Kier alpha value is -1.39. The molecule has 0 bridgehead atoms. The fourth-order valence-corrected chi connectivity index (χ4v) is 2.53. The van der Waals surface area contributed by atoms with Crippen LogP contribution in [-0.4, -0.2) is 19.1 Å². The first-order valence-corrected chi connectivity index (χ1v) is 6.36. The monoisotopic (exact) mass is 248 g/mol. The van der Waals surface area contributed by atoms with Gasteiger partial charge in [0.2, 0.25) is 0 Å². The molecular weight excluding hydrogens is 232 g/mol. The molecule has 2 aromatic rings. The van der Waals surface area contributed by atoms with Gasteiger partial charge < -0.3 is 10.1 Å². The fraction of sp³-hybridized carbons (Fsp3) is 0.308. The Morgan fingerprint density at radius 3 is 2.88 bits per heavy atom. The number of benzene rings is 1. The highest BCUT2D eigenvalue weighted by molar-refractivity contribution is 7.13. The number of hydrogen-bond acceptors (Lipinski definition) is 4. The number of nitrogens with zero attached hydrogens (tertiary/aromatic N) is 1. The zero-order valence-electron chi connectivity index (χ0n) is 10.3. The van der Waals surface area contributed by atoms with Crippen molar-refractivity contribution in [2.75, 3.05) is 14.2 Å². The van der Waals surface area contributed by atoms with E-state index in [-0.39, 0.29) is 0 Å². The molecule has 0 amide bonds. The highest BCUT2D eigenvalue weighted by atomic mass is 32.1. The summed E-state index contributed by atoms with van der Waals surface area (Å²) in [6.45, 7) is 2.86. The Balaban J connectivity index is 2.29. The van der Waals surface area contributed by atoms with Gasteiger partial charge in [-0.2, -0.15) is 0 Å². The SMILES string of the molecule is CNCc1csc(-c2ccc(OC)c(C)c2)n1. The molecule has 2 rings (SSSR count). The summed E-state index contributed by atoms with van der Waals surface area (Å²) < 4.78 is 5.25. The Kier molecular flexibility index (Phi) is 3.76. The fourth-order valence-electron chi connectivity index (χ4n) is 1.71. The van der Waals surface area contributed by atoms with Crippen LogP contribution in [0.3, 0.4) is 0 Å². The van der Waals surface area contributed by atoms with Gasteiger partial charge in [0.1, 0.15) is 10.8 Å². The smallest absolute Gasteiger partial charge is 0.123 e. The largest absolute Gasteiger partial charge is 0.496 e. The summed E-state index contributed by atoms with van der Waals surface area (Å²) in [6, 6.07) is 6.15. The van der Waals surface area contributed by atoms with Crippen molar-refractivity contribution >= 4 is 11.3 Å². The maximum atomic E-state index is 5.25. The molecule has 3 nitrogen and oxygen atoms in total. The van der Waals surface area contributed by atoms with E-state index in [4.69, 9.17) is 4.74 Å². The van der Waals surface area contributed by atoms with Crippen molar-refractivity contribution in [3.63, 3.8) is 0 Å². The molecule has 0 aliphatic rings. The number of rotatable bonds is 4. The average molecular weight is 248 g/mol. The van der Waals surface area contributed by atoms with Crippen molar-refractivity contribution in [3.8, 4) is 16.3 Å². The molecule has 0 fully saturated rings. The summed E-state index contributed by atoms with van der Waals surface area (Å²) in [7, 11) is 3.62. The standard InChI is InChI=1S/C13H16N2OS/c1-9-6-10(4-5-12(9)16-3)13-15-11(7-14-2)8-17-13/h4-6,8,14H,7H2,1-3H3. The number of aryl methyl sites for hydroxylation is 1. The van der Waals surface area contributed by atoms with E-state index in [0.717, 1.165) is 34.1 Å². The highest BCUT2D eigenvalue weighted by Crippen LogP contribution is 2.28. The number of nitrogens with one attached hydrogen (secondary N) is 1. The van der Waals surface area contributed by atoms with Crippen LogP contribution in [0.2, 0.25) is 0 Å². The molecule has 1 aromatic carbocycles. The second kappa shape index (κ2) is 5.29. The van der Waals surface area contributed by atoms with Crippen LogP contribution in [-0.2, 0) is 6.54 Å². The first-order chi connectivity index (χ1) is 8.24. The van der Waals surface area contributed by atoms with Crippen molar-refractivity contribution in [2.45, 2.75) is 13.5 Å². The van der Waals surface area contributed by atoms with Crippen molar-refractivity contribution in [1.82, 2.24) is 10.3 Å². The van der Waals surface area contributed by atoms with Gasteiger partial charge in [-0.25, -0.2) is 4.98 Å². The lowest BCUT2D eigenvalue weighted by Gasteiger charge is -2.05. The molecule has 0 radical (unpaired) electrons. The van der Waals surface area contributed by atoms with Crippen LogP contribution in [0.4, 0.5) is 0 Å². The molecule has 17 heavy (non-hydrogen) atoms. The maximum Gasteiger partial charge on any atom is 0.123 e. The van der Waals surface area contributed by atoms with Gasteiger partial charge in [0.25, 0.3) is 0 Å². The first kappa shape index (κ1) is 12.1. The summed E-state index contributed by atoms with van der Waals surface area (Å²) >= 11 is 1.67. The molecule has 1 aromatic heterocycles. The van der Waals surface area contributed by atoms with E-state index < -0.39 is 0 Å². The van der Waals surface area contributed by atoms with Gasteiger partial charge in [-0.3, -0.25) is 0 Å². The Morgan fingerprint density at radius 1 is 1.41 bits per heavy atom. The summed E-state index contributed by atoms with van der Waals surface area (Å²) in [6.07, 6.45) is 0. The highest BCUT2D eigenvalue weighted by Gasteiger charge is 2.06. The molecule has 1 heterocycles. The van der Waals surface area contributed by atoms with Crippen LogP contribution < -0.4 is 10.1 Å². The van der Waals surface area contributed by atoms with Crippen LogP contribution in [0.15, 0.2) is 23.6 Å². The predicted octanol–water partition coefficient (Wildman–Crippen LogP) is 2.85. The van der Waals surface area contributed by atoms with Crippen LogP contribution in [0.25, 0.3) is 10.6 Å². The van der Waals surface area contributed by atoms with Gasteiger partial charge in [0.15, 0.2) is 0 Å². The minimum absolute atomic E-state index is 0.811. The third-order valence-electron chi connectivity index (χ3n) is 2.55. The Labute approximate surface area is 105 Å². The van der Waals surface area contributed by atoms with Crippen molar-refractivity contribution in [2.24, 2.45) is 0 Å². The lowest BCUT2D eigenvalue weighted by Crippen LogP contribution is -2.04. The minimum Gasteiger partial charge on any atom is -0.496 e. The molecule has 0 unspecified atom stereocenters. The first-order valence-electron chi connectivity index (χ1n) is 5.48. The zero-order valence-corrected chi connectivity index (χ0v) is 11.1. The van der Waals surface area contributed by atoms with E-state index >= 15 is 0 Å². The summed E-state index contributed by atoms with van der Waals surface area (Å²) in [5, 5.41) is 6.25. The van der Waals surface area contributed by atoms with Crippen LogP contribution in [0.1, 0.15) is 11.3 Å². The summed E-state index contributed by atoms with van der Waals surface area (Å²) in [5.41, 5.74) is 3.37. The normalized spacial score (nSPS) is 10.5. The zero-order chi connectivity index (χ0) is 12.3. The number of aromatic nitrogens is 1. The minimum atomic E-state index is 0.811. The second-order valence-electron chi connectivity index (χ2n) is 3.86. The number of methoxy groups -OCH3 is 1. The quantitative estimate of drug-likeness (QED) is 0.903. The van der Waals surface area contributed by atoms with Crippen molar-refractivity contribution in [3.05, 3.63) is 34.8 Å². The molecule has 90 valence electrons. The summed E-state index contributed by atoms with van der Waals surface area (Å²) in [4.78, 5) is 4.58. The Morgan fingerprint density at radius 2 is 2.24 bits per heavy atom. The molecule has 0 spiro atoms. The lowest BCUT2D eigenvalue weighted by molar-refractivity contribution is 0.412. The van der Waals surface area contributed by atoms with Gasteiger partial charge in [0.05, 0.1) is 12.8 Å². The second-order valence-corrected chi connectivity index (χ2v) is 4.72. The van der Waals surface area contributed by atoms with E-state index in [0.29, 0.717) is 0 Å². The molecule has 1 N–H and O–H groups in total. The molecular formula is C13H16N2OS. The molecule has 0 saturated carbocycles. The van der Waals surface area contributed by atoms with E-state index in [1.165, 1.54) is 0 Å². The van der Waals surface area contributed by atoms with Crippen LogP contribution in [0, 0.1) is 6.92 Å². The third-order valence-corrected chi connectivity index (χ3v) is 3.49. The lowest BCUT2D eigenvalue weighted by atomic mass is 10.1. The van der Waals surface area contributed by atoms with Crippen LogP contribution in [0.5, 0.6) is 5.75 Å². The third kappa shape index (κ3) is 2.65. The molecule has 0 aliphatic heterocycles. The summed E-state index contributed by atoms with van der Waals surface area (Å²) in [5.74, 6) is 0.917. The number of hydrogen-bond donors (Lipinski definition) is 1.